The number of likely N-dealkylation sites (tertiary alicyclic amines) is 1. The Bertz CT molecular complexity index is 422. The van der Waals surface area contributed by atoms with Gasteiger partial charge in [0.25, 0.3) is 5.91 Å². The normalized spacial score (nSPS) is 16.5. The molecule has 2 heterocycles. The third-order valence-electron chi connectivity index (χ3n) is 2.88. The Hall–Kier alpha value is -1.16. The molecule has 4 heteroatoms. The Labute approximate surface area is 92.7 Å². The van der Waals surface area contributed by atoms with Crippen LogP contribution in [0, 0.1) is 13.8 Å². The van der Waals surface area contributed by atoms with Crippen LogP contribution >= 0.6 is 11.3 Å². The van der Waals surface area contributed by atoms with Crippen LogP contribution in [0.15, 0.2) is 5.38 Å². The van der Waals surface area contributed by atoms with Crippen LogP contribution in [0.3, 0.4) is 0 Å². The van der Waals surface area contributed by atoms with Crippen molar-refractivity contribution in [2.75, 3.05) is 6.54 Å². The first-order valence-corrected chi connectivity index (χ1v) is 5.83. The number of aryl methyl sites for hydroxylation is 1. The van der Waals surface area contributed by atoms with Crippen molar-refractivity contribution in [3.63, 3.8) is 0 Å². The molecule has 0 N–H and O–H groups in total. The fraction of sp³-hybridized carbons (Fsp3) is 0.455. The summed E-state index contributed by atoms with van der Waals surface area (Å²) in [5, 5.41) is 2.07. The van der Waals surface area contributed by atoms with Gasteiger partial charge in [-0.2, -0.15) is 0 Å². The van der Waals surface area contributed by atoms with Gasteiger partial charge in [0.05, 0.1) is 0 Å². The molecule has 0 radical (unpaired) electrons. The Morgan fingerprint density at radius 2 is 2.13 bits per heavy atom. The van der Waals surface area contributed by atoms with Crippen LogP contribution in [0.5, 0.6) is 0 Å². The molecular formula is C11H13NO2S. The molecule has 1 aliphatic rings. The lowest BCUT2D eigenvalue weighted by Crippen LogP contribution is -2.26. The molecule has 1 saturated heterocycles. The summed E-state index contributed by atoms with van der Waals surface area (Å²) in [5.41, 5.74) is 2.41. The van der Waals surface area contributed by atoms with E-state index in [9.17, 15) is 9.59 Å². The highest BCUT2D eigenvalue weighted by molar-refractivity contribution is 7.10. The Balaban J connectivity index is 2.13. The van der Waals surface area contributed by atoms with E-state index in [1.807, 2.05) is 0 Å². The Morgan fingerprint density at radius 1 is 1.40 bits per heavy atom. The maximum atomic E-state index is 11.4. The molecule has 0 aliphatic carbocycles. The molecule has 15 heavy (non-hydrogen) atoms. The van der Waals surface area contributed by atoms with Crippen LogP contribution in [-0.4, -0.2) is 23.1 Å². The van der Waals surface area contributed by atoms with Crippen LogP contribution in [0.2, 0.25) is 0 Å². The zero-order valence-electron chi connectivity index (χ0n) is 8.87. The van der Waals surface area contributed by atoms with Gasteiger partial charge in [0.1, 0.15) is 0 Å². The van der Waals surface area contributed by atoms with Crippen LogP contribution in [0.4, 0.5) is 0 Å². The summed E-state index contributed by atoms with van der Waals surface area (Å²) in [6, 6.07) is 0. The fourth-order valence-corrected chi connectivity index (χ4v) is 2.57. The van der Waals surface area contributed by atoms with Gasteiger partial charge in [0, 0.05) is 24.4 Å². The van der Waals surface area contributed by atoms with Crippen LogP contribution in [-0.2, 0) is 16.1 Å². The Morgan fingerprint density at radius 3 is 2.60 bits per heavy atom. The molecule has 0 spiro atoms. The summed E-state index contributed by atoms with van der Waals surface area (Å²) in [6.45, 7) is 5.29. The molecule has 1 aliphatic heterocycles. The van der Waals surface area contributed by atoms with Gasteiger partial charge in [-0.05, 0) is 30.4 Å². The van der Waals surface area contributed by atoms with E-state index >= 15 is 0 Å². The van der Waals surface area contributed by atoms with Gasteiger partial charge in [-0.15, -0.1) is 11.3 Å². The van der Waals surface area contributed by atoms with Gasteiger partial charge in [0.15, 0.2) is 0 Å². The number of amides is 1. The number of hydrogen-bond donors (Lipinski definition) is 0. The molecule has 0 unspecified atom stereocenters. The van der Waals surface area contributed by atoms with Crippen molar-refractivity contribution < 1.29 is 9.59 Å². The molecular weight excluding hydrogens is 210 g/mol. The molecule has 2 rings (SSSR count). The Kier molecular flexibility index (Phi) is 2.61. The first-order chi connectivity index (χ1) is 7.09. The molecule has 1 aromatic rings. The van der Waals surface area contributed by atoms with Gasteiger partial charge in [-0.1, -0.05) is 0 Å². The molecule has 0 atom stereocenters. The second-order valence-electron chi connectivity index (χ2n) is 3.84. The van der Waals surface area contributed by atoms with Gasteiger partial charge >= 0.3 is 0 Å². The number of nitrogens with zero attached hydrogens (tertiary/aromatic N) is 1. The zero-order chi connectivity index (χ0) is 11.0. The number of ketones is 1. The maximum absolute atomic E-state index is 11.4. The fourth-order valence-electron chi connectivity index (χ4n) is 1.70. The lowest BCUT2D eigenvalue weighted by Gasteiger charge is -2.13. The molecule has 3 nitrogen and oxygen atoms in total. The van der Waals surface area contributed by atoms with Crippen molar-refractivity contribution in [3.05, 3.63) is 21.4 Å². The average molecular weight is 223 g/mol. The van der Waals surface area contributed by atoms with Crippen molar-refractivity contribution >= 4 is 23.0 Å². The van der Waals surface area contributed by atoms with Gasteiger partial charge in [0.2, 0.25) is 5.78 Å². The topological polar surface area (TPSA) is 37.4 Å². The molecule has 0 saturated carbocycles. The summed E-state index contributed by atoms with van der Waals surface area (Å²) in [6.07, 6.45) is 0.376. The van der Waals surface area contributed by atoms with E-state index in [1.54, 1.807) is 16.2 Å². The first-order valence-electron chi connectivity index (χ1n) is 4.95. The van der Waals surface area contributed by atoms with E-state index in [0.717, 1.165) is 0 Å². The van der Waals surface area contributed by atoms with Gasteiger partial charge in [-0.3, -0.25) is 9.59 Å². The van der Waals surface area contributed by atoms with Crippen molar-refractivity contribution in [1.82, 2.24) is 4.90 Å². The summed E-state index contributed by atoms with van der Waals surface area (Å²) in [7, 11) is 0. The van der Waals surface area contributed by atoms with Gasteiger partial charge in [-0.25, -0.2) is 0 Å². The molecule has 1 amide bonds. The smallest absolute Gasteiger partial charge is 0.290 e. The number of carbonyl (C=O) groups excluding carboxylic acids is 2. The number of Topliss-reactive ketones (excluding diaryl/α,β-unsaturated/α-hetero) is 1. The minimum absolute atomic E-state index is 0.250. The van der Waals surface area contributed by atoms with Gasteiger partial charge < -0.3 is 4.90 Å². The summed E-state index contributed by atoms with van der Waals surface area (Å²) < 4.78 is 0. The predicted octanol–water partition coefficient (Wildman–Crippen LogP) is 1.67. The molecule has 0 bridgehead atoms. The van der Waals surface area contributed by atoms with Crippen LogP contribution in [0.1, 0.15) is 22.4 Å². The van der Waals surface area contributed by atoms with E-state index in [-0.39, 0.29) is 11.7 Å². The molecule has 1 fully saturated rings. The molecule has 1 aromatic heterocycles. The highest BCUT2D eigenvalue weighted by atomic mass is 32.1. The highest BCUT2D eigenvalue weighted by Crippen LogP contribution is 2.23. The predicted molar refractivity (Wildman–Crippen MR) is 58.8 cm³/mol. The van der Waals surface area contributed by atoms with Crippen LogP contribution < -0.4 is 0 Å². The van der Waals surface area contributed by atoms with E-state index < -0.39 is 0 Å². The average Bonchev–Trinajstić information content (AvgIpc) is 2.68. The number of hydrogen-bond acceptors (Lipinski definition) is 3. The zero-order valence-corrected chi connectivity index (χ0v) is 9.69. The number of carbonyl (C=O) groups is 2. The van der Waals surface area contributed by atoms with Crippen molar-refractivity contribution in [2.24, 2.45) is 0 Å². The number of thiophene rings is 1. The third-order valence-corrected chi connectivity index (χ3v) is 3.95. The third kappa shape index (κ3) is 1.81. The van der Waals surface area contributed by atoms with Crippen LogP contribution in [0.25, 0.3) is 0 Å². The lowest BCUT2D eigenvalue weighted by atomic mass is 10.2. The van der Waals surface area contributed by atoms with E-state index in [4.69, 9.17) is 0 Å². The summed E-state index contributed by atoms with van der Waals surface area (Å²) >= 11 is 1.69. The second kappa shape index (κ2) is 3.77. The molecule has 80 valence electrons. The summed E-state index contributed by atoms with van der Waals surface area (Å²) in [4.78, 5) is 25.4. The lowest BCUT2D eigenvalue weighted by molar-refractivity contribution is -0.140. The minimum Gasteiger partial charge on any atom is -0.331 e. The van der Waals surface area contributed by atoms with E-state index in [1.165, 1.54) is 16.0 Å². The SMILES string of the molecule is Cc1scc(CN2CCC(=O)C2=O)c1C. The van der Waals surface area contributed by atoms with Crippen molar-refractivity contribution in [3.8, 4) is 0 Å². The number of rotatable bonds is 2. The highest BCUT2D eigenvalue weighted by Gasteiger charge is 2.29. The quantitative estimate of drug-likeness (QED) is 0.715. The minimum atomic E-state index is -0.321. The van der Waals surface area contributed by atoms with E-state index in [2.05, 4.69) is 19.2 Å². The summed E-state index contributed by atoms with van der Waals surface area (Å²) in [5.74, 6) is -0.571. The monoisotopic (exact) mass is 223 g/mol. The maximum Gasteiger partial charge on any atom is 0.290 e. The molecule has 0 aromatic carbocycles. The second-order valence-corrected chi connectivity index (χ2v) is 4.93. The van der Waals surface area contributed by atoms with E-state index in [0.29, 0.717) is 19.5 Å². The van der Waals surface area contributed by atoms with Crippen molar-refractivity contribution in [1.29, 1.82) is 0 Å². The largest absolute Gasteiger partial charge is 0.331 e. The van der Waals surface area contributed by atoms with Crippen molar-refractivity contribution in [2.45, 2.75) is 26.8 Å². The standard InChI is InChI=1S/C11H13NO2S/c1-7-8(2)15-6-9(7)5-12-4-3-10(13)11(12)14/h6H,3-5H2,1-2H3. The first kappa shape index (κ1) is 10.4.